The maximum atomic E-state index is 12.4. The molecule has 110 valence electrons. The summed E-state index contributed by atoms with van der Waals surface area (Å²) in [5.41, 5.74) is 1.77. The van der Waals surface area contributed by atoms with E-state index in [2.05, 4.69) is 5.16 Å². The first-order valence-corrected chi connectivity index (χ1v) is 7.30. The van der Waals surface area contributed by atoms with Crippen molar-refractivity contribution < 1.29 is 14.1 Å². The molecule has 1 aromatic rings. The number of carbonyl (C=O) groups is 1. The van der Waals surface area contributed by atoms with Crippen molar-refractivity contribution in [3.05, 3.63) is 17.0 Å². The minimum absolute atomic E-state index is 0.197. The molecule has 20 heavy (non-hydrogen) atoms. The molecular formula is C15H22N2O3. The Hall–Kier alpha value is -1.36. The van der Waals surface area contributed by atoms with E-state index in [1.54, 1.807) is 7.11 Å². The second-order valence-corrected chi connectivity index (χ2v) is 6.13. The highest BCUT2D eigenvalue weighted by Gasteiger charge is 2.42. The summed E-state index contributed by atoms with van der Waals surface area (Å²) < 4.78 is 10.6. The van der Waals surface area contributed by atoms with Gasteiger partial charge in [0.15, 0.2) is 0 Å². The van der Waals surface area contributed by atoms with Crippen LogP contribution in [0.4, 0.5) is 0 Å². The average Bonchev–Trinajstić information content (AvgIpc) is 3.06. The van der Waals surface area contributed by atoms with Crippen molar-refractivity contribution in [2.24, 2.45) is 11.8 Å². The van der Waals surface area contributed by atoms with Crippen LogP contribution in [0.2, 0.25) is 0 Å². The molecule has 2 aliphatic rings. The largest absolute Gasteiger partial charge is 0.381 e. The van der Waals surface area contributed by atoms with Gasteiger partial charge in [0.1, 0.15) is 5.76 Å². The van der Waals surface area contributed by atoms with Crippen molar-refractivity contribution in [3.8, 4) is 0 Å². The van der Waals surface area contributed by atoms with Gasteiger partial charge >= 0.3 is 0 Å². The molecule has 1 saturated heterocycles. The number of aromatic nitrogens is 1. The van der Waals surface area contributed by atoms with Gasteiger partial charge in [0.2, 0.25) is 5.91 Å². The van der Waals surface area contributed by atoms with E-state index in [9.17, 15) is 4.79 Å². The molecule has 3 rings (SSSR count). The highest BCUT2D eigenvalue weighted by atomic mass is 16.5. The van der Waals surface area contributed by atoms with Crippen LogP contribution < -0.4 is 0 Å². The number of fused-ring (bicyclic) bond motifs is 1. The van der Waals surface area contributed by atoms with Crippen molar-refractivity contribution >= 4 is 5.91 Å². The van der Waals surface area contributed by atoms with Crippen molar-refractivity contribution in [3.63, 3.8) is 0 Å². The second kappa shape index (κ2) is 5.20. The molecule has 3 atom stereocenters. The lowest BCUT2D eigenvalue weighted by molar-refractivity contribution is -0.129. The third kappa shape index (κ3) is 2.35. The Morgan fingerprint density at radius 1 is 1.35 bits per heavy atom. The normalized spacial score (nSPS) is 28.9. The van der Waals surface area contributed by atoms with Crippen LogP contribution in [0.15, 0.2) is 4.52 Å². The van der Waals surface area contributed by atoms with Crippen molar-refractivity contribution in [1.82, 2.24) is 10.1 Å². The van der Waals surface area contributed by atoms with Gasteiger partial charge in [-0.1, -0.05) is 5.16 Å². The predicted octanol–water partition coefficient (Wildman–Crippen LogP) is 1.72. The standard InChI is InChI=1S/C15H22N2O3/c1-9-14(10(2)20-16-9)6-15(18)17-7-11-4-13(19-3)5-12(11)8-17/h11-13H,4-8H2,1-3H3/t11-,12+,13?. The molecule has 1 aliphatic heterocycles. The summed E-state index contributed by atoms with van der Waals surface area (Å²) in [5.74, 6) is 2.19. The third-order valence-corrected chi connectivity index (χ3v) is 4.90. The van der Waals surface area contributed by atoms with Gasteiger partial charge < -0.3 is 14.2 Å². The highest BCUT2D eigenvalue weighted by Crippen LogP contribution is 2.39. The van der Waals surface area contributed by atoms with Gasteiger partial charge in [-0.2, -0.15) is 0 Å². The fraction of sp³-hybridized carbons (Fsp3) is 0.733. The van der Waals surface area contributed by atoms with E-state index in [0.717, 1.165) is 42.9 Å². The molecule has 1 aromatic heterocycles. The Bertz CT molecular complexity index is 478. The molecule has 0 N–H and O–H groups in total. The summed E-state index contributed by atoms with van der Waals surface area (Å²) in [5, 5.41) is 3.91. The fourth-order valence-electron chi connectivity index (χ4n) is 3.66. The molecule has 1 saturated carbocycles. The number of ether oxygens (including phenoxy) is 1. The zero-order valence-corrected chi connectivity index (χ0v) is 12.4. The molecule has 5 nitrogen and oxygen atoms in total. The van der Waals surface area contributed by atoms with Gasteiger partial charge in [-0.15, -0.1) is 0 Å². The Balaban J connectivity index is 1.61. The van der Waals surface area contributed by atoms with Gasteiger partial charge in [0.05, 0.1) is 18.2 Å². The van der Waals surface area contributed by atoms with Gasteiger partial charge in [-0.3, -0.25) is 4.79 Å². The summed E-state index contributed by atoms with van der Waals surface area (Å²) >= 11 is 0. The van der Waals surface area contributed by atoms with E-state index in [-0.39, 0.29) is 5.91 Å². The first kappa shape index (κ1) is 13.6. The van der Waals surface area contributed by atoms with Crippen molar-refractivity contribution in [1.29, 1.82) is 0 Å². The van der Waals surface area contributed by atoms with Gasteiger partial charge in [-0.25, -0.2) is 0 Å². The Morgan fingerprint density at radius 2 is 2.00 bits per heavy atom. The van der Waals surface area contributed by atoms with Crippen LogP contribution in [-0.4, -0.2) is 42.3 Å². The summed E-state index contributed by atoms with van der Waals surface area (Å²) in [4.78, 5) is 14.4. The highest BCUT2D eigenvalue weighted by molar-refractivity contribution is 5.79. The SMILES string of the molecule is COC1C[C@@H]2CN(C(=O)Cc3c(C)noc3C)C[C@@H]2C1. The van der Waals surface area contributed by atoms with Crippen LogP contribution >= 0.6 is 0 Å². The van der Waals surface area contributed by atoms with Gasteiger partial charge in [0, 0.05) is 25.8 Å². The molecule has 0 aromatic carbocycles. The van der Waals surface area contributed by atoms with E-state index in [0.29, 0.717) is 24.4 Å². The van der Waals surface area contributed by atoms with Crippen LogP contribution in [-0.2, 0) is 16.0 Å². The Morgan fingerprint density at radius 3 is 2.50 bits per heavy atom. The maximum absolute atomic E-state index is 12.4. The van der Waals surface area contributed by atoms with Gasteiger partial charge in [0.25, 0.3) is 0 Å². The molecule has 2 heterocycles. The summed E-state index contributed by atoms with van der Waals surface area (Å²) in [6.07, 6.45) is 2.99. The third-order valence-electron chi connectivity index (χ3n) is 4.90. The molecule has 1 amide bonds. The molecule has 0 radical (unpaired) electrons. The van der Waals surface area contributed by atoms with Crippen molar-refractivity contribution in [2.75, 3.05) is 20.2 Å². The van der Waals surface area contributed by atoms with Crippen LogP contribution in [0.5, 0.6) is 0 Å². The number of carbonyl (C=O) groups excluding carboxylic acids is 1. The summed E-state index contributed by atoms with van der Waals surface area (Å²) in [6, 6.07) is 0. The van der Waals surface area contributed by atoms with Crippen LogP contribution in [0.25, 0.3) is 0 Å². The number of likely N-dealkylation sites (tertiary alicyclic amines) is 1. The first-order valence-electron chi connectivity index (χ1n) is 7.30. The number of hydrogen-bond acceptors (Lipinski definition) is 4. The lowest BCUT2D eigenvalue weighted by atomic mass is 10.0. The summed E-state index contributed by atoms with van der Waals surface area (Å²) in [6.45, 7) is 5.52. The zero-order valence-electron chi connectivity index (χ0n) is 12.4. The molecule has 1 aliphatic carbocycles. The Kier molecular flexibility index (Phi) is 3.54. The second-order valence-electron chi connectivity index (χ2n) is 6.13. The van der Waals surface area contributed by atoms with E-state index in [4.69, 9.17) is 9.26 Å². The number of nitrogens with zero attached hydrogens (tertiary/aromatic N) is 2. The van der Waals surface area contributed by atoms with Crippen LogP contribution in [0, 0.1) is 25.7 Å². The molecule has 0 bridgehead atoms. The van der Waals surface area contributed by atoms with E-state index in [1.165, 1.54) is 0 Å². The van der Waals surface area contributed by atoms with E-state index < -0.39 is 0 Å². The van der Waals surface area contributed by atoms with Crippen LogP contribution in [0.3, 0.4) is 0 Å². The summed E-state index contributed by atoms with van der Waals surface area (Å²) in [7, 11) is 1.78. The number of hydrogen-bond donors (Lipinski definition) is 0. The predicted molar refractivity (Wildman–Crippen MR) is 73.3 cm³/mol. The quantitative estimate of drug-likeness (QED) is 0.844. The van der Waals surface area contributed by atoms with Gasteiger partial charge in [-0.05, 0) is 38.5 Å². The Labute approximate surface area is 119 Å². The number of rotatable bonds is 3. The molecule has 2 fully saturated rings. The lowest BCUT2D eigenvalue weighted by Gasteiger charge is -2.19. The topological polar surface area (TPSA) is 55.6 Å². The maximum Gasteiger partial charge on any atom is 0.227 e. The molecule has 5 heteroatoms. The number of amides is 1. The average molecular weight is 278 g/mol. The smallest absolute Gasteiger partial charge is 0.227 e. The minimum atomic E-state index is 0.197. The fourth-order valence-corrected chi connectivity index (χ4v) is 3.66. The molecular weight excluding hydrogens is 256 g/mol. The van der Waals surface area contributed by atoms with E-state index >= 15 is 0 Å². The van der Waals surface area contributed by atoms with E-state index in [1.807, 2.05) is 18.7 Å². The minimum Gasteiger partial charge on any atom is -0.381 e. The lowest BCUT2D eigenvalue weighted by Crippen LogP contribution is -2.31. The van der Waals surface area contributed by atoms with Crippen molar-refractivity contribution in [2.45, 2.75) is 39.2 Å². The first-order chi connectivity index (χ1) is 9.58. The molecule has 0 spiro atoms. The van der Waals surface area contributed by atoms with Crippen LogP contribution in [0.1, 0.15) is 29.9 Å². The zero-order chi connectivity index (χ0) is 14.3. The number of aryl methyl sites for hydroxylation is 2. The molecule has 1 unspecified atom stereocenters. The monoisotopic (exact) mass is 278 g/mol. The number of methoxy groups -OCH3 is 1.